The summed E-state index contributed by atoms with van der Waals surface area (Å²) in [5.74, 6) is 1.25. The topological polar surface area (TPSA) is 47.6 Å². The molecule has 1 N–H and O–H groups in total. The third-order valence-electron chi connectivity index (χ3n) is 3.79. The highest BCUT2D eigenvalue weighted by Gasteiger charge is 2.15. The molecule has 0 heterocycles. The molecule has 0 aliphatic heterocycles. The zero-order valence-corrected chi connectivity index (χ0v) is 15.0. The number of carbonyl (C=O) groups is 1. The van der Waals surface area contributed by atoms with Crippen LogP contribution in [0.3, 0.4) is 0 Å². The van der Waals surface area contributed by atoms with Crippen LogP contribution in [0.5, 0.6) is 11.5 Å². The monoisotopic (exact) mass is 341 g/mol. The number of hydrogen-bond acceptors (Lipinski definition) is 3. The highest BCUT2D eigenvalue weighted by Crippen LogP contribution is 2.19. The van der Waals surface area contributed by atoms with Crippen LogP contribution in [0.15, 0.2) is 54.6 Å². The van der Waals surface area contributed by atoms with E-state index in [-0.39, 0.29) is 5.91 Å². The van der Waals surface area contributed by atoms with E-state index in [1.54, 1.807) is 6.92 Å². The summed E-state index contributed by atoms with van der Waals surface area (Å²) in [6.45, 7) is 4.62. The number of ether oxygens (including phenoxy) is 2. The van der Waals surface area contributed by atoms with Gasteiger partial charge in [-0.3, -0.25) is 4.79 Å². The predicted octanol–water partition coefficient (Wildman–Crippen LogP) is 5.05. The van der Waals surface area contributed by atoms with E-state index in [0.717, 1.165) is 12.2 Å². The zero-order valence-electron chi connectivity index (χ0n) is 15.0. The summed E-state index contributed by atoms with van der Waals surface area (Å²) in [5, 5.41) is 2.87. The average molecular weight is 341 g/mol. The van der Waals surface area contributed by atoms with Crippen LogP contribution in [-0.4, -0.2) is 18.6 Å². The minimum Gasteiger partial charge on any atom is -0.494 e. The van der Waals surface area contributed by atoms with Crippen molar-refractivity contribution in [2.75, 3.05) is 11.9 Å². The van der Waals surface area contributed by atoms with E-state index < -0.39 is 6.10 Å². The van der Waals surface area contributed by atoms with Crippen molar-refractivity contribution in [1.82, 2.24) is 0 Å². The molecule has 0 fully saturated rings. The predicted molar refractivity (Wildman–Crippen MR) is 101 cm³/mol. The summed E-state index contributed by atoms with van der Waals surface area (Å²) in [6.07, 6.45) is 4.10. The lowest BCUT2D eigenvalue weighted by Crippen LogP contribution is -2.30. The Hall–Kier alpha value is -2.49. The Balaban J connectivity index is 1.82. The first kappa shape index (κ1) is 18.8. The fraction of sp³-hybridized carbons (Fsp3) is 0.381. The average Bonchev–Trinajstić information content (AvgIpc) is 2.62. The van der Waals surface area contributed by atoms with E-state index in [4.69, 9.17) is 9.47 Å². The molecule has 0 aliphatic carbocycles. The molecule has 1 amide bonds. The van der Waals surface area contributed by atoms with E-state index in [1.165, 1.54) is 19.3 Å². The van der Waals surface area contributed by atoms with Crippen molar-refractivity contribution >= 4 is 11.6 Å². The van der Waals surface area contributed by atoms with Crippen LogP contribution in [0.1, 0.15) is 39.5 Å². The van der Waals surface area contributed by atoms with Crippen LogP contribution < -0.4 is 14.8 Å². The Bertz CT molecular complexity index is 643. The number of anilines is 1. The first-order valence-electron chi connectivity index (χ1n) is 8.94. The lowest BCUT2D eigenvalue weighted by atomic mass is 10.2. The molecule has 2 aromatic rings. The molecule has 4 heteroatoms. The second-order valence-corrected chi connectivity index (χ2v) is 6.00. The SMILES string of the molecule is CCCCCCOc1cccc(NC(=O)C(C)Oc2ccccc2)c1. The Kier molecular flexibility index (Phi) is 7.83. The van der Waals surface area contributed by atoms with Gasteiger partial charge in [0.2, 0.25) is 0 Å². The van der Waals surface area contributed by atoms with Crippen molar-refractivity contribution in [1.29, 1.82) is 0 Å². The van der Waals surface area contributed by atoms with Gasteiger partial charge in [-0.25, -0.2) is 0 Å². The van der Waals surface area contributed by atoms with Crippen molar-refractivity contribution in [3.63, 3.8) is 0 Å². The van der Waals surface area contributed by atoms with Crippen LogP contribution in [-0.2, 0) is 4.79 Å². The number of benzene rings is 2. The Morgan fingerprint density at radius 3 is 2.52 bits per heavy atom. The van der Waals surface area contributed by atoms with E-state index >= 15 is 0 Å². The van der Waals surface area contributed by atoms with E-state index in [1.807, 2.05) is 54.6 Å². The number of nitrogens with one attached hydrogen (secondary N) is 1. The standard InChI is InChI=1S/C21H27NO3/c1-3-4-5-9-15-24-20-14-10-11-18(16-20)22-21(23)17(2)25-19-12-7-6-8-13-19/h6-8,10-14,16-17H,3-5,9,15H2,1-2H3,(H,22,23). The molecule has 0 saturated heterocycles. The fourth-order valence-electron chi connectivity index (χ4n) is 2.38. The molecule has 0 radical (unpaired) electrons. The summed E-state index contributed by atoms with van der Waals surface area (Å²) < 4.78 is 11.4. The Labute approximate surface area is 150 Å². The fourth-order valence-corrected chi connectivity index (χ4v) is 2.38. The Morgan fingerprint density at radius 1 is 1.00 bits per heavy atom. The van der Waals surface area contributed by atoms with Gasteiger partial charge in [0.15, 0.2) is 6.10 Å². The van der Waals surface area contributed by atoms with Crippen molar-refractivity contribution in [2.45, 2.75) is 45.6 Å². The van der Waals surface area contributed by atoms with Gasteiger partial charge in [0.1, 0.15) is 11.5 Å². The maximum absolute atomic E-state index is 12.3. The first-order chi connectivity index (χ1) is 12.2. The largest absolute Gasteiger partial charge is 0.494 e. The van der Waals surface area contributed by atoms with Crippen LogP contribution >= 0.6 is 0 Å². The molecular formula is C21H27NO3. The molecule has 134 valence electrons. The molecule has 0 aliphatic rings. The maximum atomic E-state index is 12.3. The molecule has 2 rings (SSSR count). The van der Waals surface area contributed by atoms with Gasteiger partial charge in [0, 0.05) is 11.8 Å². The Morgan fingerprint density at radius 2 is 1.76 bits per heavy atom. The quantitative estimate of drug-likeness (QED) is 0.615. The molecule has 1 atom stereocenters. The number of carbonyl (C=O) groups excluding carboxylic acids is 1. The minimum atomic E-state index is -0.582. The number of para-hydroxylation sites is 1. The van der Waals surface area contributed by atoms with E-state index in [9.17, 15) is 4.79 Å². The van der Waals surface area contributed by atoms with Crippen molar-refractivity contribution < 1.29 is 14.3 Å². The minimum absolute atomic E-state index is 0.191. The van der Waals surface area contributed by atoms with Gasteiger partial charge < -0.3 is 14.8 Å². The number of rotatable bonds is 10. The van der Waals surface area contributed by atoms with Gasteiger partial charge in [-0.05, 0) is 37.6 Å². The highest BCUT2D eigenvalue weighted by molar-refractivity contribution is 5.94. The third-order valence-corrected chi connectivity index (χ3v) is 3.79. The summed E-state index contributed by atoms with van der Waals surface area (Å²) in [6, 6.07) is 16.8. The van der Waals surface area contributed by atoms with Crippen LogP contribution in [0.4, 0.5) is 5.69 Å². The van der Waals surface area contributed by atoms with Gasteiger partial charge in [0.05, 0.1) is 6.61 Å². The van der Waals surface area contributed by atoms with Gasteiger partial charge in [-0.2, -0.15) is 0 Å². The lowest BCUT2D eigenvalue weighted by Gasteiger charge is -2.15. The molecule has 4 nitrogen and oxygen atoms in total. The number of amides is 1. The normalized spacial score (nSPS) is 11.6. The number of hydrogen-bond donors (Lipinski definition) is 1. The summed E-state index contributed by atoms with van der Waals surface area (Å²) in [4.78, 5) is 12.3. The summed E-state index contributed by atoms with van der Waals surface area (Å²) in [7, 11) is 0. The highest BCUT2D eigenvalue weighted by atomic mass is 16.5. The van der Waals surface area contributed by atoms with Crippen LogP contribution in [0, 0.1) is 0 Å². The molecule has 0 spiro atoms. The molecule has 0 saturated carbocycles. The van der Waals surface area contributed by atoms with Crippen molar-refractivity contribution in [3.05, 3.63) is 54.6 Å². The second-order valence-electron chi connectivity index (χ2n) is 6.00. The van der Waals surface area contributed by atoms with Gasteiger partial charge in [-0.15, -0.1) is 0 Å². The van der Waals surface area contributed by atoms with Gasteiger partial charge in [0.25, 0.3) is 5.91 Å². The summed E-state index contributed by atoms with van der Waals surface area (Å²) >= 11 is 0. The first-order valence-corrected chi connectivity index (χ1v) is 8.94. The van der Waals surface area contributed by atoms with Crippen molar-refractivity contribution in [3.8, 4) is 11.5 Å². The van der Waals surface area contributed by atoms with E-state index in [0.29, 0.717) is 18.0 Å². The second kappa shape index (κ2) is 10.4. The zero-order chi connectivity index (χ0) is 17.9. The lowest BCUT2D eigenvalue weighted by molar-refractivity contribution is -0.122. The van der Waals surface area contributed by atoms with Gasteiger partial charge in [-0.1, -0.05) is 50.5 Å². The van der Waals surface area contributed by atoms with Crippen LogP contribution in [0.25, 0.3) is 0 Å². The molecule has 25 heavy (non-hydrogen) atoms. The van der Waals surface area contributed by atoms with Crippen molar-refractivity contribution in [2.24, 2.45) is 0 Å². The van der Waals surface area contributed by atoms with Crippen LogP contribution in [0.2, 0.25) is 0 Å². The van der Waals surface area contributed by atoms with E-state index in [2.05, 4.69) is 12.2 Å². The smallest absolute Gasteiger partial charge is 0.265 e. The maximum Gasteiger partial charge on any atom is 0.265 e. The molecule has 1 unspecified atom stereocenters. The third kappa shape index (κ3) is 6.87. The summed E-state index contributed by atoms with van der Waals surface area (Å²) in [5.41, 5.74) is 0.708. The molecule has 0 bridgehead atoms. The number of unbranched alkanes of at least 4 members (excludes halogenated alkanes) is 3. The molecule has 2 aromatic carbocycles. The molecule has 0 aromatic heterocycles. The molecular weight excluding hydrogens is 314 g/mol. The van der Waals surface area contributed by atoms with Gasteiger partial charge >= 0.3 is 0 Å².